The van der Waals surface area contributed by atoms with Gasteiger partial charge in [0.05, 0.1) is 0 Å². The molecular formula is C18H23N. The summed E-state index contributed by atoms with van der Waals surface area (Å²) in [5.41, 5.74) is 9.38. The van der Waals surface area contributed by atoms with Gasteiger partial charge in [-0.2, -0.15) is 0 Å². The van der Waals surface area contributed by atoms with Crippen molar-refractivity contribution in [3.05, 3.63) is 63.7 Å². The van der Waals surface area contributed by atoms with Crippen LogP contribution in [-0.4, -0.2) is 0 Å². The normalized spacial score (nSPS) is 10.6. The van der Waals surface area contributed by atoms with Gasteiger partial charge in [-0.3, -0.25) is 0 Å². The van der Waals surface area contributed by atoms with Crippen molar-refractivity contribution in [2.75, 3.05) is 5.32 Å². The summed E-state index contributed by atoms with van der Waals surface area (Å²) in [6.45, 7) is 11.7. The van der Waals surface area contributed by atoms with Crippen LogP contribution < -0.4 is 5.32 Å². The lowest BCUT2D eigenvalue weighted by Crippen LogP contribution is -2.04. The van der Waals surface area contributed by atoms with E-state index in [1.807, 2.05) is 0 Å². The van der Waals surface area contributed by atoms with Gasteiger partial charge in [0.15, 0.2) is 0 Å². The Labute approximate surface area is 116 Å². The monoisotopic (exact) mass is 253 g/mol. The summed E-state index contributed by atoms with van der Waals surface area (Å²) >= 11 is 0. The van der Waals surface area contributed by atoms with Gasteiger partial charge in [-0.1, -0.05) is 24.3 Å². The van der Waals surface area contributed by atoms with E-state index in [9.17, 15) is 0 Å². The number of hydrogen-bond donors (Lipinski definition) is 1. The van der Waals surface area contributed by atoms with Crippen LogP contribution in [0.2, 0.25) is 0 Å². The maximum atomic E-state index is 3.56. The average Bonchev–Trinajstić information content (AvgIpc) is 2.37. The Bertz CT molecular complexity index is 597. The predicted molar refractivity (Wildman–Crippen MR) is 83.9 cm³/mol. The van der Waals surface area contributed by atoms with Crippen molar-refractivity contribution in [3.63, 3.8) is 0 Å². The topological polar surface area (TPSA) is 12.0 Å². The molecule has 0 unspecified atom stereocenters. The summed E-state index contributed by atoms with van der Waals surface area (Å²) in [6, 6.07) is 11.0. The van der Waals surface area contributed by atoms with E-state index < -0.39 is 0 Å². The lowest BCUT2D eigenvalue weighted by atomic mass is 10.0. The standard InChI is InChI=1S/C18H23N/c1-12-7-6-8-18(16(12)5)19-11-17-10-14(3)13(2)9-15(17)4/h6-10,19H,11H2,1-5H3. The zero-order chi connectivity index (χ0) is 14.0. The van der Waals surface area contributed by atoms with Gasteiger partial charge in [-0.05, 0) is 74.1 Å². The van der Waals surface area contributed by atoms with Crippen molar-refractivity contribution < 1.29 is 0 Å². The minimum absolute atomic E-state index is 0.886. The molecular weight excluding hydrogens is 230 g/mol. The van der Waals surface area contributed by atoms with E-state index in [0.717, 1.165) is 6.54 Å². The number of anilines is 1. The van der Waals surface area contributed by atoms with Crippen molar-refractivity contribution in [1.82, 2.24) is 0 Å². The second kappa shape index (κ2) is 5.48. The summed E-state index contributed by atoms with van der Waals surface area (Å²) in [6.07, 6.45) is 0. The zero-order valence-electron chi connectivity index (χ0n) is 12.6. The van der Waals surface area contributed by atoms with Crippen LogP contribution in [0.4, 0.5) is 5.69 Å². The summed E-state index contributed by atoms with van der Waals surface area (Å²) in [5.74, 6) is 0. The fraction of sp³-hybridized carbons (Fsp3) is 0.333. The Morgan fingerprint density at radius 2 is 1.47 bits per heavy atom. The fourth-order valence-electron chi connectivity index (χ4n) is 2.34. The molecule has 0 amide bonds. The number of hydrogen-bond acceptors (Lipinski definition) is 1. The first-order chi connectivity index (χ1) is 8.99. The molecule has 0 radical (unpaired) electrons. The molecule has 1 N–H and O–H groups in total. The molecule has 19 heavy (non-hydrogen) atoms. The molecule has 2 rings (SSSR count). The summed E-state index contributed by atoms with van der Waals surface area (Å²) in [4.78, 5) is 0. The SMILES string of the molecule is Cc1cc(C)c(CNc2cccc(C)c2C)cc1C. The van der Waals surface area contributed by atoms with E-state index >= 15 is 0 Å². The van der Waals surface area contributed by atoms with E-state index in [0.29, 0.717) is 0 Å². The lowest BCUT2D eigenvalue weighted by Gasteiger charge is -2.14. The summed E-state index contributed by atoms with van der Waals surface area (Å²) < 4.78 is 0. The quantitative estimate of drug-likeness (QED) is 0.825. The number of nitrogens with one attached hydrogen (secondary N) is 1. The molecule has 2 aromatic carbocycles. The molecule has 0 bridgehead atoms. The van der Waals surface area contributed by atoms with Crippen LogP contribution in [0.3, 0.4) is 0 Å². The highest BCUT2D eigenvalue weighted by Crippen LogP contribution is 2.21. The maximum absolute atomic E-state index is 3.56. The molecule has 0 saturated carbocycles. The predicted octanol–water partition coefficient (Wildman–Crippen LogP) is 4.84. The summed E-state index contributed by atoms with van der Waals surface area (Å²) in [7, 11) is 0. The van der Waals surface area contributed by atoms with Crippen LogP contribution >= 0.6 is 0 Å². The Hall–Kier alpha value is -1.76. The van der Waals surface area contributed by atoms with Crippen LogP contribution in [0.5, 0.6) is 0 Å². The highest BCUT2D eigenvalue weighted by Gasteiger charge is 2.04. The molecule has 0 aliphatic heterocycles. The first-order valence-corrected chi connectivity index (χ1v) is 6.86. The third-order valence-corrected chi connectivity index (χ3v) is 4.03. The second-order valence-electron chi connectivity index (χ2n) is 5.46. The van der Waals surface area contributed by atoms with Crippen molar-refractivity contribution in [2.45, 2.75) is 41.2 Å². The fourth-order valence-corrected chi connectivity index (χ4v) is 2.34. The number of rotatable bonds is 3. The Balaban J connectivity index is 2.19. The molecule has 0 aliphatic carbocycles. The molecule has 0 saturated heterocycles. The molecule has 1 nitrogen and oxygen atoms in total. The van der Waals surface area contributed by atoms with Crippen molar-refractivity contribution in [2.24, 2.45) is 0 Å². The molecule has 100 valence electrons. The number of aryl methyl sites for hydroxylation is 4. The molecule has 0 aromatic heterocycles. The molecule has 0 heterocycles. The van der Waals surface area contributed by atoms with Gasteiger partial charge < -0.3 is 5.32 Å². The first-order valence-electron chi connectivity index (χ1n) is 6.86. The van der Waals surface area contributed by atoms with Crippen molar-refractivity contribution in [3.8, 4) is 0 Å². The van der Waals surface area contributed by atoms with Gasteiger partial charge in [0, 0.05) is 12.2 Å². The van der Waals surface area contributed by atoms with Gasteiger partial charge in [0.2, 0.25) is 0 Å². The molecule has 0 aliphatic rings. The van der Waals surface area contributed by atoms with Crippen LogP contribution in [0.1, 0.15) is 33.4 Å². The maximum Gasteiger partial charge on any atom is 0.0403 e. The van der Waals surface area contributed by atoms with Gasteiger partial charge in [-0.15, -0.1) is 0 Å². The molecule has 1 heteroatoms. The van der Waals surface area contributed by atoms with E-state index in [1.165, 1.54) is 39.1 Å². The average molecular weight is 253 g/mol. The molecule has 0 fully saturated rings. The number of benzene rings is 2. The van der Waals surface area contributed by atoms with Gasteiger partial charge >= 0.3 is 0 Å². The van der Waals surface area contributed by atoms with Gasteiger partial charge in [-0.25, -0.2) is 0 Å². The van der Waals surface area contributed by atoms with E-state index in [1.54, 1.807) is 0 Å². The minimum atomic E-state index is 0.886. The third-order valence-electron chi connectivity index (χ3n) is 4.03. The van der Waals surface area contributed by atoms with Crippen LogP contribution in [-0.2, 0) is 6.54 Å². The zero-order valence-corrected chi connectivity index (χ0v) is 12.6. The Morgan fingerprint density at radius 3 is 2.21 bits per heavy atom. The second-order valence-corrected chi connectivity index (χ2v) is 5.46. The smallest absolute Gasteiger partial charge is 0.0403 e. The molecule has 0 atom stereocenters. The summed E-state index contributed by atoms with van der Waals surface area (Å²) in [5, 5.41) is 3.56. The minimum Gasteiger partial charge on any atom is -0.381 e. The van der Waals surface area contributed by atoms with Crippen molar-refractivity contribution >= 4 is 5.69 Å². The van der Waals surface area contributed by atoms with Crippen LogP contribution in [0.15, 0.2) is 30.3 Å². The van der Waals surface area contributed by atoms with Crippen LogP contribution in [0, 0.1) is 34.6 Å². The largest absolute Gasteiger partial charge is 0.381 e. The first kappa shape index (κ1) is 13.7. The van der Waals surface area contributed by atoms with Crippen molar-refractivity contribution in [1.29, 1.82) is 0 Å². The highest BCUT2D eigenvalue weighted by atomic mass is 14.9. The lowest BCUT2D eigenvalue weighted by molar-refractivity contribution is 1.09. The van der Waals surface area contributed by atoms with E-state index in [2.05, 4.69) is 70.3 Å². The van der Waals surface area contributed by atoms with Gasteiger partial charge in [0.25, 0.3) is 0 Å². The van der Waals surface area contributed by atoms with Gasteiger partial charge in [0.1, 0.15) is 0 Å². The highest BCUT2D eigenvalue weighted by molar-refractivity contribution is 5.54. The van der Waals surface area contributed by atoms with E-state index in [4.69, 9.17) is 0 Å². The molecule has 2 aromatic rings. The van der Waals surface area contributed by atoms with E-state index in [-0.39, 0.29) is 0 Å². The Morgan fingerprint density at radius 1 is 0.789 bits per heavy atom. The molecule has 0 spiro atoms. The Kier molecular flexibility index (Phi) is 3.94. The van der Waals surface area contributed by atoms with Crippen LogP contribution in [0.25, 0.3) is 0 Å². The third kappa shape index (κ3) is 2.98.